The predicted octanol–water partition coefficient (Wildman–Crippen LogP) is 3.14. The van der Waals surface area contributed by atoms with Crippen molar-refractivity contribution in [3.8, 4) is 5.88 Å². The molecule has 1 N–H and O–H groups in total. The molecule has 4 nitrogen and oxygen atoms in total. The average Bonchev–Trinajstić information content (AvgIpc) is 2.40. The van der Waals surface area contributed by atoms with E-state index in [0.717, 1.165) is 0 Å². The van der Waals surface area contributed by atoms with Crippen molar-refractivity contribution >= 4 is 21.7 Å². The van der Waals surface area contributed by atoms with Crippen LogP contribution in [0.1, 0.15) is 5.56 Å². The maximum Gasteiger partial charge on any atom is 0.250 e. The molecule has 0 saturated carbocycles. The van der Waals surface area contributed by atoms with Gasteiger partial charge in [-0.05, 0) is 39.7 Å². The molecular weight excluding hydrogens is 320 g/mol. The number of ether oxygens (including phenoxy) is 1. The van der Waals surface area contributed by atoms with Crippen LogP contribution in [0.5, 0.6) is 5.88 Å². The molecule has 2 aromatic rings. The lowest BCUT2D eigenvalue weighted by atomic mass is 10.3. The fraction of sp³-hybridized carbons (Fsp3) is 0.167. The molecule has 0 aromatic carbocycles. The van der Waals surface area contributed by atoms with Gasteiger partial charge in [0.2, 0.25) is 11.8 Å². The number of nitrogens with zero attached hydrogens (tertiary/aromatic N) is 2. The van der Waals surface area contributed by atoms with Crippen molar-refractivity contribution < 1.29 is 13.5 Å². The smallest absolute Gasteiger partial charge is 0.250 e. The monoisotopic (exact) mass is 329 g/mol. The Bertz CT molecular complexity index is 595. The molecule has 0 aliphatic carbocycles. The summed E-state index contributed by atoms with van der Waals surface area (Å²) < 4.78 is 31.6. The van der Waals surface area contributed by atoms with E-state index in [1.807, 2.05) is 0 Å². The highest BCUT2D eigenvalue weighted by molar-refractivity contribution is 9.10. The van der Waals surface area contributed by atoms with Gasteiger partial charge in [0.05, 0.1) is 11.6 Å². The molecule has 0 aliphatic rings. The lowest BCUT2D eigenvalue weighted by molar-refractivity contribution is 0.368. The Hall–Kier alpha value is -1.76. The highest BCUT2D eigenvalue weighted by atomic mass is 79.9. The molecular formula is C12H10BrF2N3O. The van der Waals surface area contributed by atoms with Crippen LogP contribution >= 0.6 is 15.9 Å². The van der Waals surface area contributed by atoms with E-state index in [2.05, 4.69) is 31.2 Å². The Kier molecular flexibility index (Phi) is 4.26. The van der Waals surface area contributed by atoms with E-state index < -0.39 is 11.8 Å². The van der Waals surface area contributed by atoms with E-state index in [9.17, 15) is 8.78 Å². The van der Waals surface area contributed by atoms with Gasteiger partial charge in [-0.1, -0.05) is 0 Å². The van der Waals surface area contributed by atoms with Crippen LogP contribution in [0.2, 0.25) is 0 Å². The molecule has 19 heavy (non-hydrogen) atoms. The normalized spacial score (nSPS) is 10.3. The van der Waals surface area contributed by atoms with Crippen molar-refractivity contribution in [2.75, 3.05) is 12.4 Å². The summed E-state index contributed by atoms with van der Waals surface area (Å²) in [5.41, 5.74) is 0.600. The number of rotatable bonds is 4. The summed E-state index contributed by atoms with van der Waals surface area (Å²) in [6.45, 7) is 0.280. The topological polar surface area (TPSA) is 47.0 Å². The van der Waals surface area contributed by atoms with Crippen molar-refractivity contribution in [1.29, 1.82) is 0 Å². The zero-order valence-electron chi connectivity index (χ0n) is 9.95. The molecule has 100 valence electrons. The minimum Gasteiger partial charge on any atom is -0.479 e. The predicted molar refractivity (Wildman–Crippen MR) is 70.0 cm³/mol. The molecule has 0 fully saturated rings. The maximum absolute atomic E-state index is 13.4. The molecule has 0 atom stereocenters. The number of anilines is 1. The second-order valence-electron chi connectivity index (χ2n) is 3.66. The summed E-state index contributed by atoms with van der Waals surface area (Å²) in [7, 11) is 1.35. The van der Waals surface area contributed by atoms with Crippen molar-refractivity contribution in [2.24, 2.45) is 0 Å². The number of pyridine rings is 2. The largest absolute Gasteiger partial charge is 0.479 e. The van der Waals surface area contributed by atoms with Gasteiger partial charge in [0.15, 0.2) is 5.82 Å². The summed E-state index contributed by atoms with van der Waals surface area (Å²) in [5.74, 6) is -0.853. The zero-order chi connectivity index (χ0) is 13.8. The van der Waals surface area contributed by atoms with Crippen LogP contribution in [0.15, 0.2) is 28.9 Å². The Balaban J connectivity index is 2.05. The van der Waals surface area contributed by atoms with Crippen molar-refractivity contribution in [2.45, 2.75) is 6.54 Å². The fourth-order valence-electron chi connectivity index (χ4n) is 1.42. The van der Waals surface area contributed by atoms with E-state index in [-0.39, 0.29) is 16.9 Å². The van der Waals surface area contributed by atoms with Crippen LogP contribution in [-0.2, 0) is 6.54 Å². The highest BCUT2D eigenvalue weighted by Gasteiger charge is 2.06. The van der Waals surface area contributed by atoms with Crippen LogP contribution in [0.3, 0.4) is 0 Å². The number of methoxy groups -OCH3 is 1. The first kappa shape index (κ1) is 13.7. The third-order valence-corrected chi connectivity index (χ3v) is 2.93. The number of aromatic nitrogens is 2. The van der Waals surface area contributed by atoms with Crippen LogP contribution < -0.4 is 10.1 Å². The highest BCUT2D eigenvalue weighted by Crippen LogP contribution is 2.17. The standard InChI is InChI=1S/C12H10BrF2N3O/c1-19-12-9(14)4-7(6-17-12)5-16-10-3-2-8(13)11(15)18-10/h2-4,6H,5H2,1H3,(H,16,18). The lowest BCUT2D eigenvalue weighted by Gasteiger charge is -2.07. The second kappa shape index (κ2) is 5.92. The molecule has 0 unspecified atom stereocenters. The summed E-state index contributed by atoms with van der Waals surface area (Å²) in [6.07, 6.45) is 1.48. The number of hydrogen-bond acceptors (Lipinski definition) is 4. The Morgan fingerprint density at radius 3 is 2.79 bits per heavy atom. The lowest BCUT2D eigenvalue weighted by Crippen LogP contribution is -2.04. The third-order valence-electron chi connectivity index (χ3n) is 2.33. The zero-order valence-corrected chi connectivity index (χ0v) is 11.5. The molecule has 2 rings (SSSR count). The Morgan fingerprint density at radius 2 is 2.16 bits per heavy atom. The van der Waals surface area contributed by atoms with E-state index in [0.29, 0.717) is 11.4 Å². The SMILES string of the molecule is COc1ncc(CNc2ccc(Br)c(F)n2)cc1F. The minimum atomic E-state index is -0.607. The van der Waals surface area contributed by atoms with Gasteiger partial charge in [-0.2, -0.15) is 4.39 Å². The van der Waals surface area contributed by atoms with Crippen LogP contribution in [0.25, 0.3) is 0 Å². The average molecular weight is 330 g/mol. The van der Waals surface area contributed by atoms with Crippen molar-refractivity contribution in [3.05, 3.63) is 46.2 Å². The Morgan fingerprint density at radius 1 is 1.37 bits per heavy atom. The first-order valence-corrected chi connectivity index (χ1v) is 6.14. The van der Waals surface area contributed by atoms with Crippen LogP contribution in [0.4, 0.5) is 14.6 Å². The first-order valence-electron chi connectivity index (χ1n) is 5.34. The third kappa shape index (κ3) is 3.37. The number of halogens is 3. The molecule has 0 spiro atoms. The van der Waals surface area contributed by atoms with E-state index in [4.69, 9.17) is 4.74 Å². The second-order valence-corrected chi connectivity index (χ2v) is 4.51. The maximum atomic E-state index is 13.4. The van der Waals surface area contributed by atoms with Gasteiger partial charge in [-0.25, -0.2) is 14.4 Å². The van der Waals surface area contributed by atoms with Gasteiger partial charge in [-0.3, -0.25) is 0 Å². The summed E-state index contributed by atoms with van der Waals surface area (Å²) >= 11 is 3.01. The first-order chi connectivity index (χ1) is 9.10. The van der Waals surface area contributed by atoms with E-state index >= 15 is 0 Å². The number of nitrogens with one attached hydrogen (secondary N) is 1. The van der Waals surface area contributed by atoms with Gasteiger partial charge in [0.1, 0.15) is 5.82 Å². The fourth-order valence-corrected chi connectivity index (χ4v) is 1.64. The molecule has 0 saturated heterocycles. The van der Waals surface area contributed by atoms with Gasteiger partial charge < -0.3 is 10.1 Å². The number of hydrogen-bond donors (Lipinski definition) is 1. The summed E-state index contributed by atoms with van der Waals surface area (Å²) in [6, 6.07) is 4.45. The van der Waals surface area contributed by atoms with Gasteiger partial charge in [0, 0.05) is 12.7 Å². The van der Waals surface area contributed by atoms with E-state index in [1.165, 1.54) is 25.4 Å². The summed E-state index contributed by atoms with van der Waals surface area (Å²) in [4.78, 5) is 7.48. The summed E-state index contributed by atoms with van der Waals surface area (Å²) in [5, 5.41) is 2.87. The minimum absolute atomic E-state index is 0.0587. The Labute approximate surface area is 117 Å². The molecule has 2 heterocycles. The van der Waals surface area contributed by atoms with Gasteiger partial charge >= 0.3 is 0 Å². The van der Waals surface area contributed by atoms with Crippen LogP contribution in [-0.4, -0.2) is 17.1 Å². The molecule has 0 radical (unpaired) electrons. The van der Waals surface area contributed by atoms with Crippen molar-refractivity contribution in [1.82, 2.24) is 9.97 Å². The van der Waals surface area contributed by atoms with Gasteiger partial charge in [-0.15, -0.1) is 0 Å². The molecule has 7 heteroatoms. The molecule has 0 amide bonds. The molecule has 0 bridgehead atoms. The van der Waals surface area contributed by atoms with Gasteiger partial charge in [0.25, 0.3) is 0 Å². The van der Waals surface area contributed by atoms with Crippen LogP contribution in [0, 0.1) is 11.8 Å². The quantitative estimate of drug-likeness (QED) is 0.875. The van der Waals surface area contributed by atoms with Crippen molar-refractivity contribution in [3.63, 3.8) is 0 Å². The van der Waals surface area contributed by atoms with E-state index in [1.54, 1.807) is 6.07 Å². The molecule has 0 aliphatic heterocycles. The molecule has 2 aromatic heterocycles.